The number of fused-ring (bicyclic) bond motifs is 1. The van der Waals surface area contributed by atoms with Crippen molar-refractivity contribution in [2.24, 2.45) is 17.3 Å². The Balaban J connectivity index is 1.18. The number of aliphatic carboxylic acids is 1. The van der Waals surface area contributed by atoms with Crippen molar-refractivity contribution >= 4 is 5.97 Å². The van der Waals surface area contributed by atoms with Crippen LogP contribution >= 0.6 is 0 Å². The van der Waals surface area contributed by atoms with Gasteiger partial charge in [-0.25, -0.2) is 0 Å². The molecular weight excluding hydrogens is 460 g/mol. The van der Waals surface area contributed by atoms with Gasteiger partial charge >= 0.3 is 5.97 Å². The summed E-state index contributed by atoms with van der Waals surface area (Å²) in [5.41, 5.74) is 5.77. The molecule has 194 valence electrons. The lowest BCUT2D eigenvalue weighted by molar-refractivity contribution is -0.143. The van der Waals surface area contributed by atoms with Crippen molar-refractivity contribution in [2.45, 2.75) is 44.4 Å². The quantitative estimate of drug-likeness (QED) is 0.578. The average Bonchev–Trinajstić information content (AvgIpc) is 2.88. The molecule has 4 atom stereocenters. The molecule has 2 unspecified atom stereocenters. The van der Waals surface area contributed by atoms with E-state index in [-0.39, 0.29) is 6.54 Å². The number of piperidine rings is 1. The highest BCUT2D eigenvalue weighted by molar-refractivity contribution is 5.69. The summed E-state index contributed by atoms with van der Waals surface area (Å²) < 4.78 is 0. The van der Waals surface area contributed by atoms with Gasteiger partial charge in [-0.2, -0.15) is 0 Å². The Morgan fingerprint density at radius 1 is 1.08 bits per heavy atom. The number of likely N-dealkylation sites (tertiary alicyclic amines) is 2. The molecule has 37 heavy (non-hydrogen) atoms. The number of carboxylic acid groups (broad SMARTS) is 1. The van der Waals surface area contributed by atoms with Gasteiger partial charge in [0.25, 0.3) is 0 Å². The van der Waals surface area contributed by atoms with Gasteiger partial charge in [-0.3, -0.25) is 9.69 Å². The number of phenolic OH excluding ortho intramolecular Hbond substituents is 1. The minimum Gasteiger partial charge on any atom is -0.508 e. The lowest BCUT2D eigenvalue weighted by Crippen LogP contribution is -2.61. The first-order valence-electron chi connectivity index (χ1n) is 13.9. The fourth-order valence-electron chi connectivity index (χ4n) is 7.63. The number of hydrogen-bond acceptors (Lipinski definition) is 4. The van der Waals surface area contributed by atoms with Gasteiger partial charge in [0.15, 0.2) is 0 Å². The van der Waals surface area contributed by atoms with Gasteiger partial charge in [0.1, 0.15) is 5.75 Å². The first kappa shape index (κ1) is 24.3. The summed E-state index contributed by atoms with van der Waals surface area (Å²) in [6.07, 6.45) is 11.7. The van der Waals surface area contributed by atoms with E-state index in [9.17, 15) is 9.90 Å². The Labute approximate surface area is 220 Å². The fourth-order valence-corrected chi connectivity index (χ4v) is 7.63. The highest BCUT2D eigenvalue weighted by Crippen LogP contribution is 2.51. The number of carbonyl (C=O) groups is 1. The fraction of sp³-hybridized carbons (Fsp3) is 0.469. The number of allylic oxidation sites excluding steroid dienone is 3. The smallest absolute Gasteiger partial charge is 0.317 e. The molecule has 2 aromatic carbocycles. The van der Waals surface area contributed by atoms with E-state index < -0.39 is 5.97 Å². The Morgan fingerprint density at radius 2 is 1.84 bits per heavy atom. The zero-order chi connectivity index (χ0) is 25.6. The molecule has 5 heteroatoms. The van der Waals surface area contributed by atoms with Gasteiger partial charge in [0.05, 0.1) is 6.54 Å². The molecule has 4 aliphatic rings. The Hall–Kier alpha value is -3.05. The zero-order valence-corrected chi connectivity index (χ0v) is 21.7. The molecule has 2 aliphatic carbocycles. The molecular formula is C32H38N2O3. The molecule has 2 saturated heterocycles. The molecule has 0 saturated carbocycles. The van der Waals surface area contributed by atoms with E-state index in [4.69, 9.17) is 5.11 Å². The van der Waals surface area contributed by atoms with Crippen LogP contribution in [0.1, 0.15) is 54.7 Å². The molecule has 0 aromatic heterocycles. The SMILES string of the molecule is CC1C=C(N2CCC3(CC2)CN(CC(=O)O)C3)C=CC1[C@@H]1c2ccc(O)cc2CC[C@@H]1c1ccccc1. The Bertz CT molecular complexity index is 1200. The third kappa shape index (κ3) is 4.70. The molecule has 2 fully saturated rings. The molecule has 2 aromatic rings. The molecule has 6 rings (SSSR count). The minimum atomic E-state index is -0.722. The van der Waals surface area contributed by atoms with Gasteiger partial charge in [0, 0.05) is 31.9 Å². The van der Waals surface area contributed by atoms with Gasteiger partial charge in [0.2, 0.25) is 0 Å². The Kier molecular flexibility index (Phi) is 6.36. The lowest BCUT2D eigenvalue weighted by Gasteiger charge is -2.54. The molecule has 2 aliphatic heterocycles. The van der Waals surface area contributed by atoms with Crippen LogP contribution in [0, 0.1) is 17.3 Å². The van der Waals surface area contributed by atoms with Crippen molar-refractivity contribution < 1.29 is 15.0 Å². The first-order chi connectivity index (χ1) is 17.9. The van der Waals surface area contributed by atoms with Gasteiger partial charge in [-0.1, -0.05) is 55.5 Å². The van der Waals surface area contributed by atoms with Crippen molar-refractivity contribution in [3.8, 4) is 5.75 Å². The highest BCUT2D eigenvalue weighted by Gasteiger charge is 2.45. The maximum atomic E-state index is 11.0. The molecule has 2 heterocycles. The van der Waals surface area contributed by atoms with E-state index in [1.807, 2.05) is 12.1 Å². The number of aryl methyl sites for hydroxylation is 1. The molecule has 0 bridgehead atoms. The molecule has 1 spiro atoms. The summed E-state index contributed by atoms with van der Waals surface area (Å²) in [6, 6.07) is 17.0. The summed E-state index contributed by atoms with van der Waals surface area (Å²) in [5.74, 6) is 1.32. The molecule has 0 amide bonds. The van der Waals surface area contributed by atoms with Gasteiger partial charge < -0.3 is 15.1 Å². The predicted octanol–water partition coefficient (Wildman–Crippen LogP) is 5.39. The van der Waals surface area contributed by atoms with E-state index in [0.717, 1.165) is 51.9 Å². The summed E-state index contributed by atoms with van der Waals surface area (Å²) in [6.45, 7) is 6.49. The standard InChI is InChI=1S/C32H38N2O3/c1-22-17-25(34-15-13-32(14-16-34)20-33(21-32)19-30(36)37)8-11-27(22)31-28(23-5-3-2-4-6-23)10-7-24-18-26(35)9-12-29(24)31/h2-6,8-9,11-12,17-18,22,27-28,31,35H,7,10,13-16,19-21H2,1H3,(H,36,37)/t22?,27?,28-,31+/m1/s1. The number of nitrogens with zero attached hydrogens (tertiary/aromatic N) is 2. The van der Waals surface area contributed by atoms with Gasteiger partial charge in [-0.05, 0) is 89.7 Å². The molecule has 0 radical (unpaired) electrons. The third-order valence-corrected chi connectivity index (χ3v) is 9.48. The van der Waals surface area contributed by atoms with Crippen molar-refractivity contribution in [1.82, 2.24) is 9.80 Å². The van der Waals surface area contributed by atoms with Crippen molar-refractivity contribution in [2.75, 3.05) is 32.7 Å². The first-order valence-corrected chi connectivity index (χ1v) is 13.9. The Morgan fingerprint density at radius 3 is 2.54 bits per heavy atom. The van der Waals surface area contributed by atoms with Crippen molar-refractivity contribution in [3.63, 3.8) is 0 Å². The van der Waals surface area contributed by atoms with Crippen LogP contribution in [0.4, 0.5) is 0 Å². The number of hydrogen-bond donors (Lipinski definition) is 2. The summed E-state index contributed by atoms with van der Waals surface area (Å²) in [7, 11) is 0. The van der Waals surface area contributed by atoms with Crippen molar-refractivity contribution in [1.29, 1.82) is 0 Å². The number of benzene rings is 2. The maximum Gasteiger partial charge on any atom is 0.317 e. The number of carboxylic acids is 1. The van der Waals surface area contributed by atoms with Crippen LogP contribution in [0.2, 0.25) is 0 Å². The summed E-state index contributed by atoms with van der Waals surface area (Å²) in [4.78, 5) is 15.6. The van der Waals surface area contributed by atoms with Crippen LogP contribution in [0.25, 0.3) is 0 Å². The van der Waals surface area contributed by atoms with Crippen LogP contribution < -0.4 is 0 Å². The largest absolute Gasteiger partial charge is 0.508 e. The summed E-state index contributed by atoms with van der Waals surface area (Å²) >= 11 is 0. The van der Waals surface area contributed by atoms with Crippen LogP contribution in [-0.2, 0) is 11.2 Å². The van der Waals surface area contributed by atoms with E-state index >= 15 is 0 Å². The second-order valence-electron chi connectivity index (χ2n) is 11.9. The predicted molar refractivity (Wildman–Crippen MR) is 146 cm³/mol. The van der Waals surface area contributed by atoms with Crippen LogP contribution in [0.15, 0.2) is 72.5 Å². The molecule has 2 N–H and O–H groups in total. The second-order valence-corrected chi connectivity index (χ2v) is 11.9. The van der Waals surface area contributed by atoms with Crippen LogP contribution in [0.3, 0.4) is 0 Å². The zero-order valence-electron chi connectivity index (χ0n) is 21.7. The molecule has 5 nitrogen and oxygen atoms in total. The van der Waals surface area contributed by atoms with E-state index in [0.29, 0.717) is 34.8 Å². The lowest BCUT2D eigenvalue weighted by atomic mass is 9.63. The topological polar surface area (TPSA) is 64.0 Å². The van der Waals surface area contributed by atoms with Crippen LogP contribution in [0.5, 0.6) is 5.75 Å². The number of rotatable bonds is 5. The third-order valence-electron chi connectivity index (χ3n) is 9.48. The second kappa shape index (κ2) is 9.68. The van der Waals surface area contributed by atoms with E-state index in [1.165, 1.54) is 22.4 Å². The van der Waals surface area contributed by atoms with Crippen LogP contribution in [-0.4, -0.2) is 58.7 Å². The number of phenols is 1. The minimum absolute atomic E-state index is 0.173. The summed E-state index contributed by atoms with van der Waals surface area (Å²) in [5, 5.41) is 19.2. The normalized spacial score (nSPS) is 28.9. The monoisotopic (exact) mass is 498 g/mol. The number of aromatic hydroxyl groups is 1. The van der Waals surface area contributed by atoms with Crippen molar-refractivity contribution in [3.05, 3.63) is 89.1 Å². The highest BCUT2D eigenvalue weighted by atomic mass is 16.4. The maximum absolute atomic E-state index is 11.0. The average molecular weight is 499 g/mol. The van der Waals surface area contributed by atoms with E-state index in [2.05, 4.69) is 71.3 Å². The van der Waals surface area contributed by atoms with Gasteiger partial charge in [-0.15, -0.1) is 0 Å². The van der Waals surface area contributed by atoms with E-state index in [1.54, 1.807) is 0 Å².